The lowest BCUT2D eigenvalue weighted by Crippen LogP contribution is -2.49. The zero-order chi connectivity index (χ0) is 16.5. The fraction of sp³-hybridized carbons (Fsp3) is 0.235. The van der Waals surface area contributed by atoms with Crippen LogP contribution in [-0.2, 0) is 0 Å². The number of piperazine rings is 1. The number of amides is 1. The van der Waals surface area contributed by atoms with Crippen molar-refractivity contribution in [3.8, 4) is 0 Å². The van der Waals surface area contributed by atoms with Crippen molar-refractivity contribution in [3.63, 3.8) is 0 Å². The minimum Gasteiger partial charge on any atom is -0.353 e. The second-order valence-electron chi connectivity index (χ2n) is 5.66. The monoisotopic (exact) mass is 325 g/mol. The largest absolute Gasteiger partial charge is 0.353 e. The van der Waals surface area contributed by atoms with Crippen LogP contribution in [0, 0.1) is 5.82 Å². The van der Waals surface area contributed by atoms with Crippen LogP contribution in [0.25, 0.3) is 5.65 Å². The number of anilines is 1. The van der Waals surface area contributed by atoms with E-state index >= 15 is 0 Å². The maximum Gasteiger partial charge on any atom is 0.256 e. The highest BCUT2D eigenvalue weighted by atomic mass is 19.1. The van der Waals surface area contributed by atoms with Crippen LogP contribution in [0.15, 0.2) is 48.8 Å². The van der Waals surface area contributed by atoms with Crippen LogP contribution in [-0.4, -0.2) is 51.6 Å². The number of carbonyl (C=O) groups is 1. The number of nitrogens with zero attached hydrogens (tertiary/aromatic N) is 5. The Morgan fingerprint density at radius 1 is 1.00 bits per heavy atom. The number of fused-ring (bicyclic) bond motifs is 1. The van der Waals surface area contributed by atoms with Crippen molar-refractivity contribution < 1.29 is 9.18 Å². The van der Waals surface area contributed by atoms with Crippen LogP contribution >= 0.6 is 0 Å². The summed E-state index contributed by atoms with van der Waals surface area (Å²) in [5.41, 5.74) is 0.918. The molecule has 0 N–H and O–H groups in total. The molecule has 7 heteroatoms. The standard InChI is InChI=1S/C17H16FN5O/c18-14-4-2-1-3-13(14)17(24)22-11-9-21(10-12-22)16-6-7-19-15-5-8-20-23(15)16/h1-8H,9-12H2. The highest BCUT2D eigenvalue weighted by Crippen LogP contribution is 2.18. The molecule has 0 atom stereocenters. The summed E-state index contributed by atoms with van der Waals surface area (Å²) in [4.78, 5) is 20.6. The van der Waals surface area contributed by atoms with E-state index in [1.54, 1.807) is 33.9 Å². The molecular formula is C17H16FN5O. The van der Waals surface area contributed by atoms with Gasteiger partial charge in [0, 0.05) is 38.4 Å². The molecular weight excluding hydrogens is 309 g/mol. The van der Waals surface area contributed by atoms with Gasteiger partial charge in [0.05, 0.1) is 11.8 Å². The molecule has 6 nitrogen and oxygen atoms in total. The molecule has 1 saturated heterocycles. The molecule has 1 aliphatic rings. The second-order valence-corrected chi connectivity index (χ2v) is 5.66. The summed E-state index contributed by atoms with van der Waals surface area (Å²) < 4.78 is 15.6. The number of hydrogen-bond acceptors (Lipinski definition) is 4. The molecule has 3 aromatic rings. The molecule has 0 unspecified atom stereocenters. The van der Waals surface area contributed by atoms with Gasteiger partial charge in [-0.2, -0.15) is 9.61 Å². The normalized spacial score (nSPS) is 15.0. The number of hydrogen-bond donors (Lipinski definition) is 0. The van der Waals surface area contributed by atoms with Crippen molar-refractivity contribution in [3.05, 3.63) is 60.2 Å². The zero-order valence-corrected chi connectivity index (χ0v) is 13.0. The maximum absolute atomic E-state index is 13.8. The third-order valence-electron chi connectivity index (χ3n) is 4.27. The van der Waals surface area contributed by atoms with E-state index in [0.717, 1.165) is 11.5 Å². The first kappa shape index (κ1) is 14.6. The van der Waals surface area contributed by atoms with Gasteiger partial charge in [0.15, 0.2) is 5.65 Å². The first-order valence-electron chi connectivity index (χ1n) is 7.81. The molecule has 0 spiro atoms. The minimum atomic E-state index is -0.475. The van der Waals surface area contributed by atoms with E-state index in [9.17, 15) is 9.18 Å². The van der Waals surface area contributed by atoms with Crippen LogP contribution in [0.3, 0.4) is 0 Å². The Morgan fingerprint density at radius 3 is 2.58 bits per heavy atom. The topological polar surface area (TPSA) is 53.7 Å². The molecule has 1 aliphatic heterocycles. The fourth-order valence-corrected chi connectivity index (χ4v) is 3.00. The van der Waals surface area contributed by atoms with Crippen molar-refractivity contribution in [2.45, 2.75) is 0 Å². The van der Waals surface area contributed by atoms with Crippen molar-refractivity contribution >= 4 is 17.4 Å². The molecule has 3 heterocycles. The molecule has 24 heavy (non-hydrogen) atoms. The zero-order valence-electron chi connectivity index (χ0n) is 13.0. The van der Waals surface area contributed by atoms with E-state index in [2.05, 4.69) is 15.0 Å². The predicted molar refractivity (Wildman–Crippen MR) is 87.5 cm³/mol. The summed E-state index contributed by atoms with van der Waals surface area (Å²) in [6.45, 7) is 2.41. The number of carbonyl (C=O) groups excluding carboxylic acids is 1. The Morgan fingerprint density at radius 2 is 1.79 bits per heavy atom. The van der Waals surface area contributed by atoms with Crippen LogP contribution in [0.1, 0.15) is 10.4 Å². The number of benzene rings is 1. The average molecular weight is 325 g/mol. The van der Waals surface area contributed by atoms with Crippen LogP contribution < -0.4 is 4.90 Å². The van der Waals surface area contributed by atoms with E-state index < -0.39 is 5.82 Å². The Bertz CT molecular complexity index is 885. The summed E-state index contributed by atoms with van der Waals surface area (Å²) >= 11 is 0. The summed E-state index contributed by atoms with van der Waals surface area (Å²) in [6, 6.07) is 9.87. The fourth-order valence-electron chi connectivity index (χ4n) is 3.00. The number of rotatable bonds is 2. The van der Waals surface area contributed by atoms with Crippen molar-refractivity contribution in [1.29, 1.82) is 0 Å². The van der Waals surface area contributed by atoms with Gasteiger partial charge in [-0.25, -0.2) is 9.37 Å². The summed E-state index contributed by atoms with van der Waals surface area (Å²) in [6.07, 6.45) is 3.47. The summed E-state index contributed by atoms with van der Waals surface area (Å²) in [5, 5.41) is 4.29. The van der Waals surface area contributed by atoms with Gasteiger partial charge in [0.2, 0.25) is 0 Å². The van der Waals surface area contributed by atoms with E-state index in [4.69, 9.17) is 0 Å². The molecule has 0 aliphatic carbocycles. The lowest BCUT2D eigenvalue weighted by atomic mass is 10.1. The van der Waals surface area contributed by atoms with Gasteiger partial charge in [-0.15, -0.1) is 0 Å². The van der Waals surface area contributed by atoms with E-state index in [0.29, 0.717) is 26.2 Å². The third-order valence-corrected chi connectivity index (χ3v) is 4.27. The Hall–Kier alpha value is -2.96. The van der Waals surface area contributed by atoms with Crippen molar-refractivity contribution in [1.82, 2.24) is 19.5 Å². The van der Waals surface area contributed by atoms with Gasteiger partial charge in [0.25, 0.3) is 5.91 Å². The smallest absolute Gasteiger partial charge is 0.256 e. The molecule has 1 amide bonds. The second kappa shape index (κ2) is 5.92. The van der Waals surface area contributed by atoms with Crippen LogP contribution in [0.5, 0.6) is 0 Å². The Kier molecular flexibility index (Phi) is 3.60. The first-order valence-corrected chi connectivity index (χ1v) is 7.81. The minimum absolute atomic E-state index is 0.129. The van der Waals surface area contributed by atoms with Gasteiger partial charge in [-0.3, -0.25) is 4.79 Å². The average Bonchev–Trinajstić information content (AvgIpc) is 3.10. The van der Waals surface area contributed by atoms with E-state index in [1.165, 1.54) is 12.1 Å². The molecule has 4 rings (SSSR count). The lowest BCUT2D eigenvalue weighted by Gasteiger charge is -2.36. The molecule has 1 aromatic carbocycles. The van der Waals surface area contributed by atoms with Gasteiger partial charge in [-0.05, 0) is 18.2 Å². The van der Waals surface area contributed by atoms with E-state index in [1.807, 2.05) is 12.1 Å². The quantitative estimate of drug-likeness (QED) is 0.721. The molecule has 122 valence electrons. The Balaban J connectivity index is 1.50. The maximum atomic E-state index is 13.8. The van der Waals surface area contributed by atoms with Crippen LogP contribution in [0.4, 0.5) is 10.2 Å². The molecule has 2 aromatic heterocycles. The lowest BCUT2D eigenvalue weighted by molar-refractivity contribution is 0.0741. The molecule has 0 bridgehead atoms. The number of aromatic nitrogens is 3. The van der Waals surface area contributed by atoms with Crippen LogP contribution in [0.2, 0.25) is 0 Å². The first-order chi connectivity index (χ1) is 11.7. The highest BCUT2D eigenvalue weighted by molar-refractivity contribution is 5.94. The predicted octanol–water partition coefficient (Wildman–Crippen LogP) is 1.83. The van der Waals surface area contributed by atoms with Gasteiger partial charge in [0.1, 0.15) is 11.6 Å². The molecule has 0 saturated carbocycles. The molecule has 0 radical (unpaired) electrons. The SMILES string of the molecule is O=C(c1ccccc1F)N1CCN(c2ccnc3ccnn23)CC1. The highest BCUT2D eigenvalue weighted by Gasteiger charge is 2.25. The molecule has 1 fully saturated rings. The number of halogens is 1. The third kappa shape index (κ3) is 2.47. The summed E-state index contributed by atoms with van der Waals surface area (Å²) in [7, 11) is 0. The summed E-state index contributed by atoms with van der Waals surface area (Å²) in [5.74, 6) is 0.215. The van der Waals surface area contributed by atoms with E-state index in [-0.39, 0.29) is 11.5 Å². The van der Waals surface area contributed by atoms with Gasteiger partial charge >= 0.3 is 0 Å². The van der Waals surface area contributed by atoms with Gasteiger partial charge < -0.3 is 9.80 Å². The van der Waals surface area contributed by atoms with Gasteiger partial charge in [-0.1, -0.05) is 12.1 Å². The van der Waals surface area contributed by atoms with Crippen molar-refractivity contribution in [2.24, 2.45) is 0 Å². The Labute approximate surface area is 138 Å². The van der Waals surface area contributed by atoms with Crippen molar-refractivity contribution in [2.75, 3.05) is 31.1 Å².